The van der Waals surface area contributed by atoms with Gasteiger partial charge in [-0.25, -0.2) is 0 Å². The Morgan fingerprint density at radius 1 is 0.947 bits per heavy atom. The van der Waals surface area contributed by atoms with Gasteiger partial charge in [-0.15, -0.1) is 0 Å². The molecule has 0 unspecified atom stereocenters. The molecule has 0 aliphatic carbocycles. The molecule has 0 fully saturated rings. The molecule has 19 heavy (non-hydrogen) atoms. The first kappa shape index (κ1) is 14.0. The van der Waals surface area contributed by atoms with E-state index < -0.39 is 0 Å². The Kier molecular flexibility index (Phi) is 5.85. The van der Waals surface area contributed by atoms with Crippen LogP contribution < -0.4 is 4.74 Å². The number of hydrogen-bond acceptors (Lipinski definition) is 3. The molecule has 0 radical (unpaired) electrons. The Labute approximate surface area is 121 Å². The van der Waals surface area contributed by atoms with Gasteiger partial charge in [0.2, 0.25) is 0 Å². The van der Waals surface area contributed by atoms with Crippen molar-refractivity contribution in [3.05, 3.63) is 58.8 Å². The van der Waals surface area contributed by atoms with Crippen LogP contribution in [-0.4, -0.2) is 24.8 Å². The Bertz CT molecular complexity index is 473. The predicted octanol–water partition coefficient (Wildman–Crippen LogP) is 3.48. The summed E-state index contributed by atoms with van der Waals surface area (Å²) >= 11 is 3.38. The summed E-state index contributed by atoms with van der Waals surface area (Å²) in [6.45, 7) is 1.81. The number of nitrogens with zero attached hydrogens (tertiary/aromatic N) is 1. The molecule has 2 aromatic rings. The van der Waals surface area contributed by atoms with Crippen LogP contribution in [0.25, 0.3) is 0 Å². The predicted molar refractivity (Wildman–Crippen MR) is 78.4 cm³/mol. The minimum atomic E-state index is 0.559. The molecule has 0 amide bonds. The van der Waals surface area contributed by atoms with Gasteiger partial charge in [-0.2, -0.15) is 0 Å². The molecule has 1 heterocycles. The molecule has 0 bridgehead atoms. The van der Waals surface area contributed by atoms with Crippen LogP contribution in [0.2, 0.25) is 0 Å². The van der Waals surface area contributed by atoms with Crippen molar-refractivity contribution in [2.24, 2.45) is 0 Å². The van der Waals surface area contributed by atoms with Gasteiger partial charge < -0.3 is 9.47 Å². The Morgan fingerprint density at radius 2 is 1.79 bits per heavy atom. The molecule has 0 atom stereocenters. The fourth-order valence-electron chi connectivity index (χ4n) is 1.57. The van der Waals surface area contributed by atoms with Crippen LogP contribution in [0.1, 0.15) is 5.69 Å². The molecule has 3 nitrogen and oxygen atoms in total. The standard InChI is InChI=1S/C15H16BrNO2/c16-13-4-6-15(7-5-13)19-12-11-18-10-8-14-3-1-2-9-17-14/h1-7,9H,8,10-12H2. The van der Waals surface area contributed by atoms with Crippen LogP contribution in [0.3, 0.4) is 0 Å². The van der Waals surface area contributed by atoms with Crippen LogP contribution in [0.4, 0.5) is 0 Å². The number of benzene rings is 1. The highest BCUT2D eigenvalue weighted by Crippen LogP contribution is 2.15. The lowest BCUT2D eigenvalue weighted by Crippen LogP contribution is -2.09. The van der Waals surface area contributed by atoms with Gasteiger partial charge in [0.05, 0.1) is 13.2 Å². The summed E-state index contributed by atoms with van der Waals surface area (Å²) in [6, 6.07) is 13.7. The van der Waals surface area contributed by atoms with E-state index >= 15 is 0 Å². The van der Waals surface area contributed by atoms with Gasteiger partial charge >= 0.3 is 0 Å². The quantitative estimate of drug-likeness (QED) is 0.731. The average Bonchev–Trinajstić information content (AvgIpc) is 2.46. The largest absolute Gasteiger partial charge is 0.491 e. The van der Waals surface area contributed by atoms with Crippen LogP contribution in [-0.2, 0) is 11.2 Å². The van der Waals surface area contributed by atoms with Crippen molar-refractivity contribution in [1.29, 1.82) is 0 Å². The Balaban J connectivity index is 1.56. The first-order chi connectivity index (χ1) is 9.34. The van der Waals surface area contributed by atoms with E-state index in [1.807, 2.05) is 42.5 Å². The Morgan fingerprint density at radius 3 is 2.53 bits per heavy atom. The normalized spacial score (nSPS) is 10.4. The molecule has 2 rings (SSSR count). The molecule has 0 N–H and O–H groups in total. The number of halogens is 1. The fourth-order valence-corrected chi connectivity index (χ4v) is 1.84. The molecular weight excluding hydrogens is 306 g/mol. The lowest BCUT2D eigenvalue weighted by Gasteiger charge is -2.07. The van der Waals surface area contributed by atoms with Crippen molar-refractivity contribution in [2.75, 3.05) is 19.8 Å². The molecule has 1 aromatic carbocycles. The first-order valence-electron chi connectivity index (χ1n) is 6.20. The van der Waals surface area contributed by atoms with Crippen molar-refractivity contribution in [3.8, 4) is 5.75 Å². The summed E-state index contributed by atoms with van der Waals surface area (Å²) in [6.07, 6.45) is 2.63. The maximum absolute atomic E-state index is 5.55. The number of hydrogen-bond donors (Lipinski definition) is 0. The molecule has 0 saturated carbocycles. The van der Waals surface area contributed by atoms with E-state index in [4.69, 9.17) is 9.47 Å². The molecule has 0 saturated heterocycles. The second-order valence-corrected chi connectivity index (χ2v) is 4.90. The molecule has 0 aliphatic heterocycles. The fraction of sp³-hybridized carbons (Fsp3) is 0.267. The zero-order valence-electron chi connectivity index (χ0n) is 10.6. The van der Waals surface area contributed by atoms with E-state index in [1.165, 1.54) is 0 Å². The summed E-state index contributed by atoms with van der Waals surface area (Å²) in [5.74, 6) is 0.858. The van der Waals surface area contributed by atoms with E-state index in [0.717, 1.165) is 22.3 Å². The summed E-state index contributed by atoms with van der Waals surface area (Å²) in [5.41, 5.74) is 1.05. The van der Waals surface area contributed by atoms with E-state index in [2.05, 4.69) is 20.9 Å². The van der Waals surface area contributed by atoms with Gasteiger partial charge in [0.15, 0.2) is 0 Å². The monoisotopic (exact) mass is 321 g/mol. The van der Waals surface area contributed by atoms with Gasteiger partial charge in [0.1, 0.15) is 12.4 Å². The lowest BCUT2D eigenvalue weighted by atomic mass is 10.3. The van der Waals surface area contributed by atoms with E-state index in [1.54, 1.807) is 6.20 Å². The molecule has 0 spiro atoms. The van der Waals surface area contributed by atoms with Crippen LogP contribution in [0, 0.1) is 0 Å². The molecule has 0 aliphatic rings. The number of ether oxygens (including phenoxy) is 2. The third kappa shape index (κ3) is 5.41. The molecule has 100 valence electrons. The highest BCUT2D eigenvalue weighted by Gasteiger charge is 1.95. The zero-order chi connectivity index (χ0) is 13.3. The Hall–Kier alpha value is -1.39. The summed E-state index contributed by atoms with van der Waals surface area (Å²) in [5, 5.41) is 0. The SMILES string of the molecule is Brc1ccc(OCCOCCc2ccccn2)cc1. The van der Waals surface area contributed by atoms with Gasteiger partial charge in [-0.3, -0.25) is 4.98 Å². The third-order valence-corrected chi connectivity index (χ3v) is 3.07. The van der Waals surface area contributed by atoms with Gasteiger partial charge in [-0.05, 0) is 36.4 Å². The smallest absolute Gasteiger partial charge is 0.119 e. The molecule has 4 heteroatoms. The van der Waals surface area contributed by atoms with Crippen LogP contribution in [0.15, 0.2) is 53.1 Å². The number of rotatable bonds is 7. The van der Waals surface area contributed by atoms with Crippen LogP contribution in [0.5, 0.6) is 5.75 Å². The minimum absolute atomic E-state index is 0.559. The van der Waals surface area contributed by atoms with Crippen molar-refractivity contribution >= 4 is 15.9 Å². The van der Waals surface area contributed by atoms with Gasteiger partial charge in [0.25, 0.3) is 0 Å². The lowest BCUT2D eigenvalue weighted by molar-refractivity contribution is 0.102. The summed E-state index contributed by atoms with van der Waals surface area (Å²) < 4.78 is 12.1. The van der Waals surface area contributed by atoms with Crippen molar-refractivity contribution in [1.82, 2.24) is 4.98 Å². The second kappa shape index (κ2) is 7.92. The van der Waals surface area contributed by atoms with E-state index in [-0.39, 0.29) is 0 Å². The highest BCUT2D eigenvalue weighted by molar-refractivity contribution is 9.10. The van der Waals surface area contributed by atoms with Crippen LogP contribution >= 0.6 is 15.9 Å². The maximum atomic E-state index is 5.55. The van der Waals surface area contributed by atoms with Crippen molar-refractivity contribution in [3.63, 3.8) is 0 Å². The minimum Gasteiger partial charge on any atom is -0.491 e. The number of aromatic nitrogens is 1. The highest BCUT2D eigenvalue weighted by atomic mass is 79.9. The molecule has 1 aromatic heterocycles. The number of pyridine rings is 1. The van der Waals surface area contributed by atoms with E-state index in [9.17, 15) is 0 Å². The topological polar surface area (TPSA) is 31.4 Å². The summed E-state index contributed by atoms with van der Waals surface area (Å²) in [4.78, 5) is 4.24. The summed E-state index contributed by atoms with van der Waals surface area (Å²) in [7, 11) is 0. The maximum Gasteiger partial charge on any atom is 0.119 e. The molecular formula is C15H16BrNO2. The zero-order valence-corrected chi connectivity index (χ0v) is 12.2. The van der Waals surface area contributed by atoms with Gasteiger partial charge in [0, 0.05) is 22.8 Å². The van der Waals surface area contributed by atoms with Crippen molar-refractivity contribution < 1.29 is 9.47 Å². The van der Waals surface area contributed by atoms with Crippen molar-refractivity contribution in [2.45, 2.75) is 6.42 Å². The first-order valence-corrected chi connectivity index (χ1v) is 7.00. The second-order valence-electron chi connectivity index (χ2n) is 3.99. The average molecular weight is 322 g/mol. The van der Waals surface area contributed by atoms with Gasteiger partial charge in [-0.1, -0.05) is 22.0 Å². The van der Waals surface area contributed by atoms with E-state index in [0.29, 0.717) is 19.8 Å². The third-order valence-electron chi connectivity index (χ3n) is 2.54.